The number of nitrogens with zero attached hydrogens (tertiary/aromatic N) is 2. The second-order valence-electron chi connectivity index (χ2n) is 6.08. The number of hydrogen-bond acceptors (Lipinski definition) is 6. The van der Waals surface area contributed by atoms with Crippen LogP contribution in [0.1, 0.15) is 28.6 Å². The number of aromatic nitrogens is 1. The number of ether oxygens (including phenoxy) is 1. The Kier molecular flexibility index (Phi) is 5.93. The van der Waals surface area contributed by atoms with Crippen LogP contribution in [0.4, 0.5) is 9.93 Å². The zero-order chi connectivity index (χ0) is 19.4. The summed E-state index contributed by atoms with van der Waals surface area (Å²) in [4.78, 5) is 16.7. The van der Waals surface area contributed by atoms with Gasteiger partial charge in [0, 0.05) is 23.3 Å². The van der Waals surface area contributed by atoms with Crippen LogP contribution in [0.5, 0.6) is 0 Å². The Labute approximate surface area is 162 Å². The Morgan fingerprint density at radius 3 is 2.81 bits per heavy atom. The molecule has 1 amide bonds. The number of fused-ring (bicyclic) bond motifs is 1. The van der Waals surface area contributed by atoms with Crippen molar-refractivity contribution in [2.24, 2.45) is 0 Å². The van der Waals surface area contributed by atoms with Gasteiger partial charge in [0.15, 0.2) is 5.13 Å². The third kappa shape index (κ3) is 4.94. The smallest absolute Gasteiger partial charge is 0.413 e. The van der Waals surface area contributed by atoms with Gasteiger partial charge in [-0.05, 0) is 25.5 Å². The number of aryl methyl sites for hydroxylation is 1. The molecular formula is C18H21N3O4S2. The average molecular weight is 408 g/mol. The Hall–Kier alpha value is -2.23. The van der Waals surface area contributed by atoms with Crippen molar-refractivity contribution in [1.82, 2.24) is 9.29 Å². The van der Waals surface area contributed by atoms with Crippen LogP contribution in [0, 0.1) is 6.92 Å². The number of carbonyl (C=O) groups excluding carboxylic acids is 1. The largest absolute Gasteiger partial charge is 0.450 e. The maximum atomic E-state index is 12.6. The zero-order valence-corrected chi connectivity index (χ0v) is 16.8. The average Bonchev–Trinajstić information content (AvgIpc) is 3.02. The number of carbonyl (C=O) groups is 1. The van der Waals surface area contributed by atoms with Gasteiger partial charge in [-0.3, -0.25) is 5.32 Å². The molecule has 0 bridgehead atoms. The van der Waals surface area contributed by atoms with Crippen molar-refractivity contribution in [2.75, 3.05) is 18.5 Å². The van der Waals surface area contributed by atoms with Crippen molar-refractivity contribution in [2.45, 2.75) is 26.8 Å². The lowest BCUT2D eigenvalue weighted by Crippen LogP contribution is -2.34. The van der Waals surface area contributed by atoms with E-state index in [9.17, 15) is 13.2 Å². The van der Waals surface area contributed by atoms with Gasteiger partial charge in [-0.1, -0.05) is 41.2 Å². The molecule has 0 aliphatic carbocycles. The number of rotatable bonds is 5. The van der Waals surface area contributed by atoms with Gasteiger partial charge in [-0.2, -0.15) is 4.31 Å². The van der Waals surface area contributed by atoms with Crippen LogP contribution in [0.15, 0.2) is 29.7 Å². The normalized spacial score (nSPS) is 14.9. The second kappa shape index (κ2) is 8.20. The maximum Gasteiger partial charge on any atom is 0.413 e. The number of anilines is 1. The molecule has 0 saturated carbocycles. The molecule has 0 radical (unpaired) electrons. The quantitative estimate of drug-likeness (QED) is 0.821. The van der Waals surface area contributed by atoms with E-state index < -0.39 is 16.1 Å². The van der Waals surface area contributed by atoms with E-state index in [-0.39, 0.29) is 13.2 Å². The molecule has 7 nitrogen and oxygen atoms in total. The fourth-order valence-electron chi connectivity index (χ4n) is 2.63. The summed E-state index contributed by atoms with van der Waals surface area (Å²) in [5.41, 5.74) is 2.78. The first-order valence-corrected chi connectivity index (χ1v) is 10.9. The maximum absolute atomic E-state index is 12.6. The van der Waals surface area contributed by atoms with Gasteiger partial charge in [-0.15, -0.1) is 0 Å². The third-order valence-corrected chi connectivity index (χ3v) is 6.56. The molecule has 1 aliphatic heterocycles. The number of nitrogens with one attached hydrogen (secondary N) is 1. The molecule has 1 aliphatic rings. The highest BCUT2D eigenvalue weighted by Crippen LogP contribution is 2.30. The molecule has 9 heteroatoms. The molecule has 27 heavy (non-hydrogen) atoms. The van der Waals surface area contributed by atoms with Gasteiger partial charge in [-0.25, -0.2) is 18.2 Å². The van der Waals surface area contributed by atoms with Gasteiger partial charge in [0.05, 0.1) is 18.8 Å². The van der Waals surface area contributed by atoms with Gasteiger partial charge >= 0.3 is 6.09 Å². The van der Waals surface area contributed by atoms with Crippen molar-refractivity contribution >= 4 is 38.7 Å². The van der Waals surface area contributed by atoms with E-state index in [1.54, 1.807) is 13.0 Å². The van der Waals surface area contributed by atoms with Crippen molar-refractivity contribution < 1.29 is 17.9 Å². The first-order chi connectivity index (χ1) is 12.9. The highest BCUT2D eigenvalue weighted by molar-refractivity contribution is 7.92. The SMILES string of the molecule is CCOC(=O)Nc1nc2c(s1)CN(S(=O)(=O)/C=C/c1ccc(C)cc1)CC2. The van der Waals surface area contributed by atoms with Crippen molar-refractivity contribution in [3.05, 3.63) is 51.4 Å². The van der Waals surface area contributed by atoms with E-state index >= 15 is 0 Å². The predicted molar refractivity (Wildman–Crippen MR) is 106 cm³/mol. The summed E-state index contributed by atoms with van der Waals surface area (Å²) < 4.78 is 31.5. The Balaban J connectivity index is 1.70. The molecule has 144 valence electrons. The van der Waals surface area contributed by atoms with E-state index in [0.717, 1.165) is 21.7 Å². The molecule has 1 N–H and O–H groups in total. The molecule has 2 aromatic rings. The lowest BCUT2D eigenvalue weighted by Gasteiger charge is -2.23. The van der Waals surface area contributed by atoms with Crippen molar-refractivity contribution in [3.63, 3.8) is 0 Å². The fourth-order valence-corrected chi connectivity index (χ4v) is 4.87. The molecule has 2 heterocycles. The van der Waals surface area contributed by atoms with E-state index in [2.05, 4.69) is 10.3 Å². The summed E-state index contributed by atoms with van der Waals surface area (Å²) >= 11 is 1.27. The molecule has 0 saturated heterocycles. The number of benzene rings is 1. The Morgan fingerprint density at radius 2 is 2.11 bits per heavy atom. The van der Waals surface area contributed by atoms with Gasteiger partial charge < -0.3 is 4.74 Å². The molecule has 0 fully saturated rings. The van der Waals surface area contributed by atoms with Crippen molar-refractivity contribution in [3.8, 4) is 0 Å². The highest BCUT2D eigenvalue weighted by atomic mass is 32.2. The van der Waals surface area contributed by atoms with E-state index in [4.69, 9.17) is 4.74 Å². The summed E-state index contributed by atoms with van der Waals surface area (Å²) in [5.74, 6) is 0. The van der Waals surface area contributed by atoms with Crippen LogP contribution in [0.25, 0.3) is 6.08 Å². The first kappa shape index (κ1) is 19.5. The Bertz CT molecular complexity index is 949. The van der Waals surface area contributed by atoms with Gasteiger partial charge in [0.1, 0.15) is 0 Å². The topological polar surface area (TPSA) is 88.6 Å². The van der Waals surface area contributed by atoms with E-state index in [1.165, 1.54) is 21.1 Å². The molecule has 1 aromatic heterocycles. The number of sulfonamides is 1. The summed E-state index contributed by atoms with van der Waals surface area (Å²) in [6.07, 6.45) is 1.55. The van der Waals surface area contributed by atoms with Crippen LogP contribution in [-0.2, 0) is 27.7 Å². The molecule has 1 aromatic carbocycles. The monoisotopic (exact) mass is 407 g/mol. The van der Waals surface area contributed by atoms with Crippen LogP contribution in [-0.4, -0.2) is 37.0 Å². The summed E-state index contributed by atoms with van der Waals surface area (Å²) in [7, 11) is -3.54. The second-order valence-corrected chi connectivity index (χ2v) is 8.98. The Morgan fingerprint density at radius 1 is 1.37 bits per heavy atom. The van der Waals surface area contributed by atoms with Gasteiger partial charge in [0.25, 0.3) is 0 Å². The highest BCUT2D eigenvalue weighted by Gasteiger charge is 2.27. The number of amides is 1. The minimum Gasteiger partial charge on any atom is -0.450 e. The lowest BCUT2D eigenvalue weighted by molar-refractivity contribution is 0.168. The molecular weight excluding hydrogens is 386 g/mol. The van der Waals surface area contributed by atoms with Crippen LogP contribution < -0.4 is 5.32 Å². The van der Waals surface area contributed by atoms with E-state index in [1.807, 2.05) is 31.2 Å². The molecule has 3 rings (SSSR count). The minimum absolute atomic E-state index is 0.248. The summed E-state index contributed by atoms with van der Waals surface area (Å²) in [6, 6.07) is 7.64. The number of hydrogen-bond donors (Lipinski definition) is 1. The van der Waals surface area contributed by atoms with Gasteiger partial charge in [0.2, 0.25) is 10.0 Å². The molecule has 0 spiro atoms. The lowest BCUT2D eigenvalue weighted by atomic mass is 10.2. The fraction of sp³-hybridized carbons (Fsp3) is 0.333. The van der Waals surface area contributed by atoms with Crippen LogP contribution in [0.3, 0.4) is 0 Å². The first-order valence-electron chi connectivity index (χ1n) is 8.54. The third-order valence-electron chi connectivity index (χ3n) is 4.05. The van der Waals surface area contributed by atoms with Crippen LogP contribution >= 0.6 is 11.3 Å². The van der Waals surface area contributed by atoms with E-state index in [0.29, 0.717) is 18.1 Å². The standard InChI is InChI=1S/C18H21N3O4S2/c1-3-25-18(22)20-17-19-15-8-10-21(12-16(15)26-17)27(23,24)11-9-14-6-4-13(2)5-7-14/h4-7,9,11H,3,8,10,12H2,1-2H3,(H,19,20,22)/b11-9+. The van der Waals surface area contributed by atoms with Crippen molar-refractivity contribution in [1.29, 1.82) is 0 Å². The summed E-state index contributed by atoms with van der Waals surface area (Å²) in [6.45, 7) is 4.58. The molecule has 0 atom stereocenters. The number of thiazole rings is 1. The zero-order valence-electron chi connectivity index (χ0n) is 15.1. The molecule has 0 unspecified atom stereocenters. The summed E-state index contributed by atoms with van der Waals surface area (Å²) in [5, 5.41) is 4.23. The predicted octanol–water partition coefficient (Wildman–Crippen LogP) is 3.38. The van der Waals surface area contributed by atoms with Crippen LogP contribution in [0.2, 0.25) is 0 Å². The minimum atomic E-state index is -3.54.